The molecule has 94 valence electrons. The van der Waals surface area contributed by atoms with Crippen molar-refractivity contribution in [3.05, 3.63) is 34.1 Å². The number of aromatic amines is 1. The van der Waals surface area contributed by atoms with E-state index < -0.39 is 5.97 Å². The predicted molar refractivity (Wildman–Crippen MR) is 62.7 cm³/mol. The van der Waals surface area contributed by atoms with Gasteiger partial charge in [-0.1, -0.05) is 6.92 Å². The third-order valence-corrected chi connectivity index (χ3v) is 2.29. The molecule has 8 nitrogen and oxygen atoms in total. The summed E-state index contributed by atoms with van der Waals surface area (Å²) in [5.74, 6) is -0.509. The van der Waals surface area contributed by atoms with Crippen LogP contribution in [0.4, 0.5) is 5.69 Å². The number of H-pyrrole nitrogens is 1. The van der Waals surface area contributed by atoms with Crippen LogP contribution in [0.2, 0.25) is 0 Å². The van der Waals surface area contributed by atoms with Crippen LogP contribution in [-0.4, -0.2) is 30.8 Å². The summed E-state index contributed by atoms with van der Waals surface area (Å²) >= 11 is 0. The Kier molecular flexibility index (Phi) is 2.84. The summed E-state index contributed by atoms with van der Waals surface area (Å²) in [4.78, 5) is 28.9. The second-order valence-electron chi connectivity index (χ2n) is 3.59. The lowest BCUT2D eigenvalue weighted by molar-refractivity contribution is 0.0691. The van der Waals surface area contributed by atoms with Gasteiger partial charge in [-0.3, -0.25) is 4.79 Å². The van der Waals surface area contributed by atoms with Crippen LogP contribution >= 0.6 is 0 Å². The zero-order valence-corrected chi connectivity index (χ0v) is 9.54. The first-order valence-corrected chi connectivity index (χ1v) is 5.20. The number of hydrogen-bond acceptors (Lipinski definition) is 5. The molecular weight excluding hydrogens is 238 g/mol. The van der Waals surface area contributed by atoms with Gasteiger partial charge in [0.25, 0.3) is 5.56 Å². The number of nitrogen functional groups attached to an aromatic ring is 1. The molecule has 0 unspecified atom stereocenters. The summed E-state index contributed by atoms with van der Waals surface area (Å²) in [5, 5.41) is 12.6. The Morgan fingerprint density at radius 2 is 2.33 bits per heavy atom. The first-order valence-electron chi connectivity index (χ1n) is 5.20. The van der Waals surface area contributed by atoms with Crippen molar-refractivity contribution in [2.45, 2.75) is 13.3 Å². The van der Waals surface area contributed by atoms with Crippen molar-refractivity contribution in [1.29, 1.82) is 0 Å². The predicted octanol–water partition coefficient (Wildman–Crippen LogP) is -0.202. The molecule has 2 heterocycles. The highest BCUT2D eigenvalue weighted by atomic mass is 16.4. The molecule has 0 saturated carbocycles. The molecule has 0 aliphatic heterocycles. The van der Waals surface area contributed by atoms with E-state index in [0.717, 1.165) is 0 Å². The van der Waals surface area contributed by atoms with Crippen molar-refractivity contribution in [3.8, 4) is 5.82 Å². The van der Waals surface area contributed by atoms with Gasteiger partial charge in [-0.25, -0.2) is 14.5 Å². The van der Waals surface area contributed by atoms with E-state index in [1.807, 2.05) is 6.92 Å². The monoisotopic (exact) mass is 249 g/mol. The molecule has 8 heteroatoms. The normalized spacial score (nSPS) is 10.5. The van der Waals surface area contributed by atoms with E-state index >= 15 is 0 Å². The van der Waals surface area contributed by atoms with Gasteiger partial charge in [0.1, 0.15) is 5.82 Å². The van der Waals surface area contributed by atoms with Gasteiger partial charge in [-0.05, 0) is 0 Å². The molecule has 4 N–H and O–H groups in total. The molecule has 0 aliphatic rings. The molecule has 18 heavy (non-hydrogen) atoms. The minimum Gasteiger partial charge on any atom is -0.476 e. The highest BCUT2D eigenvalue weighted by Gasteiger charge is 2.15. The Labute approximate surface area is 101 Å². The van der Waals surface area contributed by atoms with Crippen LogP contribution in [0.25, 0.3) is 5.82 Å². The Morgan fingerprint density at radius 3 is 2.89 bits per heavy atom. The summed E-state index contributed by atoms with van der Waals surface area (Å²) in [6, 6.07) is 1.22. The van der Waals surface area contributed by atoms with E-state index in [1.165, 1.54) is 16.9 Å². The lowest BCUT2D eigenvalue weighted by atomic mass is 10.4. The van der Waals surface area contributed by atoms with Crippen LogP contribution in [0.1, 0.15) is 23.2 Å². The number of hydrogen-bond donors (Lipinski definition) is 3. The molecule has 0 bridgehead atoms. The Morgan fingerprint density at radius 1 is 1.61 bits per heavy atom. The molecule has 2 aromatic heterocycles. The SMILES string of the molecule is CCc1nc(-n2cc(N)c(C(=O)O)n2)cc(=O)[nH]1. The number of aromatic carboxylic acids is 1. The van der Waals surface area contributed by atoms with E-state index in [2.05, 4.69) is 15.1 Å². The Bertz CT molecular complexity index is 658. The van der Waals surface area contributed by atoms with Gasteiger partial charge in [0.05, 0.1) is 11.9 Å². The van der Waals surface area contributed by atoms with E-state index in [0.29, 0.717) is 12.2 Å². The van der Waals surface area contributed by atoms with Gasteiger partial charge in [-0.2, -0.15) is 5.10 Å². The Hall–Kier alpha value is -2.64. The van der Waals surface area contributed by atoms with Crippen molar-refractivity contribution >= 4 is 11.7 Å². The summed E-state index contributed by atoms with van der Waals surface area (Å²) in [6.07, 6.45) is 1.86. The van der Waals surface area contributed by atoms with Gasteiger partial charge in [-0.15, -0.1) is 0 Å². The fourth-order valence-electron chi connectivity index (χ4n) is 1.45. The van der Waals surface area contributed by atoms with Gasteiger partial charge >= 0.3 is 5.97 Å². The first kappa shape index (κ1) is 11.8. The van der Waals surface area contributed by atoms with Gasteiger partial charge in [0.15, 0.2) is 11.5 Å². The summed E-state index contributed by atoms with van der Waals surface area (Å²) in [7, 11) is 0. The molecule has 0 spiro atoms. The molecule has 0 aromatic carbocycles. The number of anilines is 1. The number of carbonyl (C=O) groups is 1. The molecule has 0 aliphatic carbocycles. The number of nitrogens with one attached hydrogen (secondary N) is 1. The van der Waals surface area contributed by atoms with Crippen molar-refractivity contribution in [1.82, 2.24) is 19.7 Å². The minimum absolute atomic E-state index is 0.0163. The summed E-state index contributed by atoms with van der Waals surface area (Å²) < 4.78 is 1.17. The number of aryl methyl sites for hydroxylation is 1. The van der Waals surface area contributed by atoms with Gasteiger partial charge < -0.3 is 15.8 Å². The Balaban J connectivity index is 2.55. The highest BCUT2D eigenvalue weighted by Crippen LogP contribution is 2.11. The zero-order chi connectivity index (χ0) is 13.3. The maximum atomic E-state index is 11.4. The quantitative estimate of drug-likeness (QED) is 0.691. The third kappa shape index (κ3) is 2.08. The van der Waals surface area contributed by atoms with Crippen LogP contribution < -0.4 is 11.3 Å². The maximum absolute atomic E-state index is 11.4. The molecule has 0 amide bonds. The van der Waals surface area contributed by atoms with Crippen LogP contribution in [0.15, 0.2) is 17.1 Å². The average Bonchev–Trinajstić information content (AvgIpc) is 2.70. The van der Waals surface area contributed by atoms with Crippen molar-refractivity contribution in [2.24, 2.45) is 0 Å². The molecule has 0 saturated heterocycles. The van der Waals surface area contributed by atoms with Crippen molar-refractivity contribution in [3.63, 3.8) is 0 Å². The largest absolute Gasteiger partial charge is 0.476 e. The second kappa shape index (κ2) is 4.32. The molecule has 2 rings (SSSR count). The number of carboxylic acid groups (broad SMARTS) is 1. The second-order valence-corrected chi connectivity index (χ2v) is 3.59. The zero-order valence-electron chi connectivity index (χ0n) is 9.54. The minimum atomic E-state index is -1.23. The van der Waals surface area contributed by atoms with Gasteiger partial charge in [0, 0.05) is 12.5 Å². The number of nitrogens with two attached hydrogens (primary N) is 1. The standard InChI is InChI=1S/C10H11N5O3/c1-2-6-12-7(3-8(16)13-6)15-4-5(11)9(14-15)10(17)18/h3-4H,2,11H2,1H3,(H,17,18)(H,12,13,16). The van der Waals surface area contributed by atoms with Crippen molar-refractivity contribution in [2.75, 3.05) is 5.73 Å². The van der Waals surface area contributed by atoms with Crippen LogP contribution in [0.5, 0.6) is 0 Å². The van der Waals surface area contributed by atoms with E-state index in [1.54, 1.807) is 0 Å². The molecular formula is C10H11N5O3. The smallest absolute Gasteiger partial charge is 0.358 e. The van der Waals surface area contributed by atoms with E-state index in [9.17, 15) is 9.59 Å². The fraction of sp³-hybridized carbons (Fsp3) is 0.200. The summed E-state index contributed by atoms with van der Waals surface area (Å²) in [6.45, 7) is 1.84. The molecule has 2 aromatic rings. The van der Waals surface area contributed by atoms with Gasteiger partial charge in [0.2, 0.25) is 0 Å². The number of rotatable bonds is 3. The average molecular weight is 249 g/mol. The summed E-state index contributed by atoms with van der Waals surface area (Å²) in [5.41, 5.74) is 4.93. The van der Waals surface area contributed by atoms with Crippen LogP contribution in [0.3, 0.4) is 0 Å². The van der Waals surface area contributed by atoms with Crippen LogP contribution in [-0.2, 0) is 6.42 Å². The van der Waals surface area contributed by atoms with Crippen LogP contribution in [0, 0.1) is 0 Å². The highest BCUT2D eigenvalue weighted by molar-refractivity contribution is 5.91. The number of aromatic nitrogens is 4. The lowest BCUT2D eigenvalue weighted by Gasteiger charge is -2.01. The first-order chi connectivity index (χ1) is 8.51. The van der Waals surface area contributed by atoms with E-state index in [-0.39, 0.29) is 22.8 Å². The molecule has 0 atom stereocenters. The molecule has 0 fully saturated rings. The number of carboxylic acids is 1. The fourth-order valence-corrected chi connectivity index (χ4v) is 1.45. The lowest BCUT2D eigenvalue weighted by Crippen LogP contribution is -2.14. The topological polar surface area (TPSA) is 127 Å². The van der Waals surface area contributed by atoms with Crippen molar-refractivity contribution < 1.29 is 9.90 Å². The maximum Gasteiger partial charge on any atom is 0.358 e. The van der Waals surface area contributed by atoms with E-state index in [4.69, 9.17) is 10.8 Å². The molecule has 0 radical (unpaired) electrons. The third-order valence-electron chi connectivity index (χ3n) is 2.29. The number of nitrogens with zero attached hydrogens (tertiary/aromatic N) is 3.